The van der Waals surface area contributed by atoms with E-state index in [1.807, 2.05) is 0 Å². The molecule has 0 N–H and O–H groups in total. The van der Waals surface area contributed by atoms with Gasteiger partial charge < -0.3 is 0 Å². The van der Waals surface area contributed by atoms with E-state index in [4.69, 9.17) is 0 Å². The molecule has 1 aliphatic rings. The number of hydrogen-bond acceptors (Lipinski definition) is 0. The first-order valence-corrected chi connectivity index (χ1v) is 14.0. The Balaban J connectivity index is 1.43. The average molecular weight is 453 g/mol. The highest BCUT2D eigenvalue weighted by Gasteiger charge is 2.21. The molecule has 0 heteroatoms. The van der Waals surface area contributed by atoms with Gasteiger partial charge in [-0.1, -0.05) is 101 Å². The summed E-state index contributed by atoms with van der Waals surface area (Å²) in [6, 6.07) is 17.4. The molecule has 0 saturated heterocycles. The summed E-state index contributed by atoms with van der Waals surface area (Å²) >= 11 is 0. The molecule has 34 heavy (non-hydrogen) atoms. The van der Waals surface area contributed by atoms with E-state index < -0.39 is 0 Å². The van der Waals surface area contributed by atoms with Crippen LogP contribution in [0, 0.1) is 29.6 Å². The van der Waals surface area contributed by atoms with Crippen molar-refractivity contribution in [1.82, 2.24) is 0 Å². The summed E-state index contributed by atoms with van der Waals surface area (Å²) in [5.41, 5.74) is 4.74. The van der Waals surface area contributed by atoms with Crippen molar-refractivity contribution >= 4 is 0 Å². The molecule has 180 valence electrons. The fraction of sp³-hybridized carbons (Fsp3) is 0.529. The molecular formula is C34H44. The van der Waals surface area contributed by atoms with Crippen LogP contribution in [0.25, 0.3) is 0 Å². The lowest BCUT2D eigenvalue weighted by Gasteiger charge is -2.28. The van der Waals surface area contributed by atoms with Crippen molar-refractivity contribution in [2.75, 3.05) is 0 Å². The molecule has 0 aliphatic heterocycles. The van der Waals surface area contributed by atoms with Crippen LogP contribution in [0.3, 0.4) is 0 Å². The maximum Gasteiger partial charge on any atom is 0.0249 e. The van der Waals surface area contributed by atoms with Crippen molar-refractivity contribution in [1.29, 1.82) is 0 Å². The SMILES string of the molecule is CCCCCCCCC#Cc1ccc(C#Cc2ccc(C3CCC(CCCC)CC3)cc2)cc1. The summed E-state index contributed by atoms with van der Waals surface area (Å²) in [7, 11) is 0. The predicted octanol–water partition coefficient (Wildman–Crippen LogP) is 9.65. The minimum Gasteiger partial charge on any atom is -0.0979 e. The molecule has 2 aromatic carbocycles. The van der Waals surface area contributed by atoms with E-state index in [0.717, 1.165) is 34.9 Å². The first-order chi connectivity index (χ1) is 16.8. The summed E-state index contributed by atoms with van der Waals surface area (Å²) in [6.07, 6.45) is 18.6. The zero-order valence-corrected chi connectivity index (χ0v) is 21.7. The Morgan fingerprint density at radius 3 is 1.74 bits per heavy atom. The molecular weight excluding hydrogens is 408 g/mol. The van der Waals surface area contributed by atoms with Crippen LogP contribution in [0.2, 0.25) is 0 Å². The Hall–Kier alpha value is -2.44. The largest absolute Gasteiger partial charge is 0.0979 e. The molecule has 1 aliphatic carbocycles. The van der Waals surface area contributed by atoms with Crippen LogP contribution < -0.4 is 0 Å². The van der Waals surface area contributed by atoms with Crippen molar-refractivity contribution in [3.8, 4) is 23.7 Å². The van der Waals surface area contributed by atoms with Crippen LogP contribution in [0.15, 0.2) is 48.5 Å². The molecule has 0 heterocycles. The first kappa shape index (κ1) is 26.2. The molecule has 0 aromatic heterocycles. The molecule has 0 unspecified atom stereocenters. The van der Waals surface area contributed by atoms with E-state index in [1.165, 1.54) is 89.0 Å². The van der Waals surface area contributed by atoms with Gasteiger partial charge in [0.05, 0.1) is 0 Å². The molecule has 1 saturated carbocycles. The summed E-state index contributed by atoms with van der Waals surface area (Å²) in [6.45, 7) is 4.57. The summed E-state index contributed by atoms with van der Waals surface area (Å²) in [5.74, 6) is 15.0. The van der Waals surface area contributed by atoms with E-state index in [-0.39, 0.29) is 0 Å². The van der Waals surface area contributed by atoms with Crippen molar-refractivity contribution < 1.29 is 0 Å². The third-order valence-corrected chi connectivity index (χ3v) is 7.32. The molecule has 2 aromatic rings. The Labute approximate surface area is 210 Å². The van der Waals surface area contributed by atoms with Gasteiger partial charge in [0.2, 0.25) is 0 Å². The van der Waals surface area contributed by atoms with Crippen LogP contribution in [0.4, 0.5) is 0 Å². The average Bonchev–Trinajstić information content (AvgIpc) is 2.89. The molecule has 0 bridgehead atoms. The van der Waals surface area contributed by atoms with Crippen LogP contribution >= 0.6 is 0 Å². The second-order valence-corrected chi connectivity index (χ2v) is 10.1. The van der Waals surface area contributed by atoms with Crippen molar-refractivity contribution in [3.63, 3.8) is 0 Å². The van der Waals surface area contributed by atoms with Crippen molar-refractivity contribution in [2.24, 2.45) is 5.92 Å². The Kier molecular flexibility index (Phi) is 11.9. The van der Waals surface area contributed by atoms with Gasteiger partial charge in [-0.05, 0) is 85.9 Å². The van der Waals surface area contributed by atoms with Gasteiger partial charge in [0, 0.05) is 23.1 Å². The van der Waals surface area contributed by atoms with Crippen LogP contribution in [-0.4, -0.2) is 0 Å². The van der Waals surface area contributed by atoms with Gasteiger partial charge in [-0.15, -0.1) is 0 Å². The van der Waals surface area contributed by atoms with Gasteiger partial charge in [0.1, 0.15) is 0 Å². The van der Waals surface area contributed by atoms with Gasteiger partial charge >= 0.3 is 0 Å². The Bertz CT molecular complexity index is 932. The number of unbranched alkanes of at least 4 members (excludes halogenated alkanes) is 7. The Morgan fingerprint density at radius 2 is 1.12 bits per heavy atom. The first-order valence-electron chi connectivity index (χ1n) is 14.0. The highest BCUT2D eigenvalue weighted by Crippen LogP contribution is 2.37. The molecule has 0 nitrogen and oxygen atoms in total. The number of hydrogen-bond donors (Lipinski definition) is 0. The monoisotopic (exact) mass is 452 g/mol. The number of rotatable bonds is 10. The summed E-state index contributed by atoms with van der Waals surface area (Å²) in [4.78, 5) is 0. The van der Waals surface area contributed by atoms with E-state index in [0.29, 0.717) is 0 Å². The quantitative estimate of drug-likeness (QED) is 0.248. The number of benzene rings is 2. The third-order valence-electron chi connectivity index (χ3n) is 7.32. The standard InChI is InChI=1S/C34H44/c1-3-5-7-8-9-10-11-12-14-30-15-17-31(18-16-30)19-20-32-23-27-34(28-24-32)33-25-21-29(22-26-33)13-6-4-2/h15-18,23-24,27-29,33H,3-11,13,21-22,25-26H2,1-2H3. The lowest BCUT2D eigenvalue weighted by Crippen LogP contribution is -2.13. The van der Waals surface area contributed by atoms with E-state index in [2.05, 4.69) is 86.1 Å². The zero-order chi connectivity index (χ0) is 23.8. The van der Waals surface area contributed by atoms with Crippen LogP contribution in [-0.2, 0) is 0 Å². The zero-order valence-electron chi connectivity index (χ0n) is 21.7. The van der Waals surface area contributed by atoms with Gasteiger partial charge in [-0.2, -0.15) is 0 Å². The maximum atomic E-state index is 3.34. The lowest BCUT2D eigenvalue weighted by atomic mass is 9.77. The Morgan fingerprint density at radius 1 is 0.588 bits per heavy atom. The van der Waals surface area contributed by atoms with Gasteiger partial charge in [0.15, 0.2) is 0 Å². The topological polar surface area (TPSA) is 0 Å². The van der Waals surface area contributed by atoms with Gasteiger partial charge in [-0.3, -0.25) is 0 Å². The molecule has 0 radical (unpaired) electrons. The summed E-state index contributed by atoms with van der Waals surface area (Å²) in [5, 5.41) is 0. The fourth-order valence-electron chi connectivity index (χ4n) is 5.06. The van der Waals surface area contributed by atoms with Crippen molar-refractivity contribution in [2.45, 2.75) is 110 Å². The molecule has 1 fully saturated rings. The minimum atomic E-state index is 0.745. The predicted molar refractivity (Wildman–Crippen MR) is 148 cm³/mol. The second-order valence-electron chi connectivity index (χ2n) is 10.1. The summed E-state index contributed by atoms with van der Waals surface area (Å²) < 4.78 is 0. The highest BCUT2D eigenvalue weighted by atomic mass is 14.3. The molecule has 0 amide bonds. The van der Waals surface area contributed by atoms with Crippen LogP contribution in [0.5, 0.6) is 0 Å². The van der Waals surface area contributed by atoms with E-state index in [1.54, 1.807) is 0 Å². The third kappa shape index (κ3) is 9.43. The van der Waals surface area contributed by atoms with Crippen LogP contribution in [0.1, 0.15) is 132 Å². The molecule has 0 spiro atoms. The maximum absolute atomic E-state index is 3.34. The smallest absolute Gasteiger partial charge is 0.0249 e. The van der Waals surface area contributed by atoms with Gasteiger partial charge in [0.25, 0.3) is 0 Å². The van der Waals surface area contributed by atoms with E-state index in [9.17, 15) is 0 Å². The fourth-order valence-corrected chi connectivity index (χ4v) is 5.06. The normalized spacial score (nSPS) is 17.4. The highest BCUT2D eigenvalue weighted by molar-refractivity contribution is 5.46. The van der Waals surface area contributed by atoms with Gasteiger partial charge in [-0.25, -0.2) is 0 Å². The van der Waals surface area contributed by atoms with Crippen molar-refractivity contribution in [3.05, 3.63) is 70.8 Å². The minimum absolute atomic E-state index is 0.745. The lowest BCUT2D eigenvalue weighted by molar-refractivity contribution is 0.304. The molecule has 0 atom stereocenters. The molecule has 3 rings (SSSR count). The van der Waals surface area contributed by atoms with E-state index >= 15 is 0 Å². The second kappa shape index (κ2) is 15.5.